The van der Waals surface area contributed by atoms with Crippen molar-refractivity contribution in [2.45, 2.75) is 57.8 Å². The average molecular weight is 969 g/mol. The second-order valence-electron chi connectivity index (χ2n) is 15.8. The summed E-state index contributed by atoms with van der Waals surface area (Å²) in [6, 6.07) is 39.1. The van der Waals surface area contributed by atoms with Crippen LogP contribution in [0.4, 0.5) is 26.7 Å². The molecule has 0 unspecified atom stereocenters. The number of hydrazine groups is 2. The zero-order valence-corrected chi connectivity index (χ0v) is 38.1. The fourth-order valence-corrected chi connectivity index (χ4v) is 8.53. The number of nitrogens with two attached hydrogens (primary N) is 1. The van der Waals surface area contributed by atoms with Gasteiger partial charge in [-0.3, -0.25) is 34.5 Å². The van der Waals surface area contributed by atoms with Crippen LogP contribution >= 0.6 is 31.9 Å². The van der Waals surface area contributed by atoms with E-state index in [1.54, 1.807) is 42.9 Å². The van der Waals surface area contributed by atoms with Gasteiger partial charge >= 0.3 is 12.1 Å². The summed E-state index contributed by atoms with van der Waals surface area (Å²) in [6.45, 7) is 8.28. The number of carbonyl (C=O) groups excluding carboxylic acids is 3. The van der Waals surface area contributed by atoms with E-state index in [1.807, 2.05) is 131 Å². The van der Waals surface area contributed by atoms with E-state index in [4.69, 9.17) is 5.73 Å². The predicted octanol–water partition coefficient (Wildman–Crippen LogP) is 9.15. The Bertz CT molecular complexity index is 2310. The van der Waals surface area contributed by atoms with Crippen LogP contribution in [0.1, 0.15) is 62.4 Å². The average Bonchev–Trinajstić information content (AvgIpc) is 3.96. The Balaban J connectivity index is 0.000000209. The number of halogens is 2. The molecule has 5 amide bonds. The van der Waals surface area contributed by atoms with Gasteiger partial charge in [0, 0.05) is 52.9 Å². The smallest absolute Gasteiger partial charge is 0.408 e. The molecule has 2 atom stereocenters. The molecule has 7 rings (SSSR count). The minimum absolute atomic E-state index is 0.183. The first-order valence-electron chi connectivity index (χ1n) is 20.4. The fourth-order valence-electron chi connectivity index (χ4n) is 7.55. The molecule has 0 radical (unpaired) electrons. The summed E-state index contributed by atoms with van der Waals surface area (Å²) < 4.78 is 1.80. The lowest BCUT2D eigenvalue weighted by atomic mass is 9.97. The van der Waals surface area contributed by atoms with E-state index in [9.17, 15) is 24.3 Å². The third kappa shape index (κ3) is 11.1. The molecular weight excluding hydrogens is 916 g/mol. The number of nitrogen functional groups attached to an aromatic ring is 1. The van der Waals surface area contributed by atoms with Crippen LogP contribution in [-0.4, -0.2) is 75.7 Å². The number of nitrogens with one attached hydrogen (secondary N) is 2. The lowest BCUT2D eigenvalue weighted by molar-refractivity contribution is -0.138. The Hall–Kier alpha value is -6.06. The minimum Gasteiger partial charge on any atom is -0.465 e. The normalized spacial score (nSPS) is 14.7. The first-order valence-corrected chi connectivity index (χ1v) is 22.0. The van der Waals surface area contributed by atoms with Crippen LogP contribution in [0.5, 0.6) is 0 Å². The molecule has 2 aliphatic heterocycles. The molecule has 2 saturated heterocycles. The van der Waals surface area contributed by atoms with E-state index in [0.29, 0.717) is 37.4 Å². The third-order valence-corrected chi connectivity index (χ3v) is 11.8. The van der Waals surface area contributed by atoms with Gasteiger partial charge in [0.25, 0.3) is 11.8 Å². The van der Waals surface area contributed by atoms with E-state index >= 15 is 0 Å². The zero-order valence-electron chi connectivity index (χ0n) is 35.0. The van der Waals surface area contributed by atoms with Crippen LogP contribution in [0.2, 0.25) is 0 Å². The Morgan fingerprint density at radius 1 is 0.661 bits per heavy atom. The number of hydrogen-bond acceptors (Lipinski definition) is 7. The van der Waals surface area contributed by atoms with Gasteiger partial charge in [0.15, 0.2) is 0 Å². The van der Waals surface area contributed by atoms with Gasteiger partial charge in [-0.2, -0.15) is 0 Å². The number of hydrogen-bond donors (Lipinski definition) is 4. The number of amides is 5. The van der Waals surface area contributed by atoms with Gasteiger partial charge in [-0.15, -0.1) is 0 Å². The van der Waals surface area contributed by atoms with Crippen LogP contribution in [0.25, 0.3) is 0 Å². The summed E-state index contributed by atoms with van der Waals surface area (Å²) in [4.78, 5) is 53.7. The summed E-state index contributed by atoms with van der Waals surface area (Å²) in [5.74, 6) is -0.432. The lowest BCUT2D eigenvalue weighted by Gasteiger charge is -2.42. The van der Waals surface area contributed by atoms with Gasteiger partial charge < -0.3 is 21.5 Å². The standard InChI is InChI=1S/C25H26BrN5O2.C22H26BrN3O3/c26-21-9-4-5-10-22(21)30-15-6-16-31(30)24(32)23(19-7-2-1-3-8-19)29-25(33)28-17-18-11-13-20(27)14-12-18;1-22(2,3)26(21(28)29)19(16-10-5-4-6-11-16)20(27)25-15-9-14-24(25)18-13-8-7-12-17(18)23/h1-5,7-14,23H,6,15-17,27H2,(H2,28,29,33);4-8,10-13,19H,9,14-15H2,1-3H3,(H,28,29)/t23-;19-/m00/s1. The van der Waals surface area contributed by atoms with Crippen LogP contribution in [0.15, 0.2) is 142 Å². The summed E-state index contributed by atoms with van der Waals surface area (Å²) in [5.41, 5.74) is 9.75. The van der Waals surface area contributed by atoms with Gasteiger partial charge in [0.2, 0.25) is 0 Å². The number of nitrogens with zero attached hydrogens (tertiary/aromatic N) is 5. The molecule has 0 saturated carbocycles. The van der Waals surface area contributed by atoms with Crippen molar-refractivity contribution in [3.8, 4) is 0 Å². The number of anilines is 3. The molecule has 5 aromatic rings. The summed E-state index contributed by atoms with van der Waals surface area (Å²) in [7, 11) is 0. The molecule has 62 heavy (non-hydrogen) atoms. The van der Waals surface area contributed by atoms with Crippen molar-refractivity contribution in [2.75, 3.05) is 41.9 Å². The lowest BCUT2D eigenvalue weighted by Crippen LogP contribution is -2.54. The monoisotopic (exact) mass is 966 g/mol. The number of carbonyl (C=O) groups is 4. The van der Waals surface area contributed by atoms with Gasteiger partial charge in [-0.05, 0) is 119 Å². The molecule has 324 valence electrons. The topological polar surface area (TPSA) is 155 Å². The quantitative estimate of drug-likeness (QED) is 0.101. The number of carboxylic acid groups (broad SMARTS) is 1. The van der Waals surface area contributed by atoms with Crippen molar-refractivity contribution in [2.24, 2.45) is 0 Å². The number of urea groups is 1. The molecule has 5 aromatic carbocycles. The third-order valence-electron chi connectivity index (χ3n) is 10.5. The Morgan fingerprint density at radius 2 is 1.13 bits per heavy atom. The van der Waals surface area contributed by atoms with E-state index in [2.05, 4.69) is 42.5 Å². The highest BCUT2D eigenvalue weighted by Gasteiger charge is 2.43. The molecule has 2 heterocycles. The molecule has 15 heteroatoms. The van der Waals surface area contributed by atoms with E-state index in [0.717, 1.165) is 50.8 Å². The van der Waals surface area contributed by atoms with Crippen molar-refractivity contribution in [1.29, 1.82) is 0 Å². The molecule has 13 nitrogen and oxygen atoms in total. The number of benzene rings is 5. The van der Waals surface area contributed by atoms with Crippen molar-refractivity contribution in [3.05, 3.63) is 159 Å². The van der Waals surface area contributed by atoms with Gasteiger partial charge in [-0.25, -0.2) is 9.59 Å². The molecular formula is C47H52Br2N8O5. The highest BCUT2D eigenvalue weighted by Crippen LogP contribution is 2.36. The summed E-state index contributed by atoms with van der Waals surface area (Å²) in [6.07, 6.45) is 0.543. The van der Waals surface area contributed by atoms with Crippen molar-refractivity contribution in [3.63, 3.8) is 0 Å². The highest BCUT2D eigenvalue weighted by molar-refractivity contribution is 9.11. The second-order valence-corrected chi connectivity index (χ2v) is 17.5. The highest BCUT2D eigenvalue weighted by atomic mass is 79.9. The van der Waals surface area contributed by atoms with Crippen LogP contribution in [-0.2, 0) is 16.1 Å². The van der Waals surface area contributed by atoms with Gasteiger partial charge in [0.1, 0.15) is 12.1 Å². The van der Waals surface area contributed by atoms with Crippen LogP contribution in [0, 0.1) is 0 Å². The molecule has 0 bridgehead atoms. The van der Waals surface area contributed by atoms with E-state index in [1.165, 1.54) is 4.90 Å². The predicted molar refractivity (Wildman–Crippen MR) is 250 cm³/mol. The molecule has 0 aliphatic carbocycles. The van der Waals surface area contributed by atoms with Crippen LogP contribution < -0.4 is 26.4 Å². The molecule has 2 aliphatic rings. The van der Waals surface area contributed by atoms with E-state index < -0.39 is 29.7 Å². The number of para-hydroxylation sites is 2. The summed E-state index contributed by atoms with van der Waals surface area (Å²) in [5, 5.41) is 23.0. The Kier molecular flexibility index (Phi) is 15.2. The first kappa shape index (κ1) is 45.5. The molecule has 0 spiro atoms. The Morgan fingerprint density at radius 3 is 1.61 bits per heavy atom. The molecule has 2 fully saturated rings. The SMILES string of the molecule is CC(C)(C)N(C(=O)O)[C@H](C(=O)N1CCCN1c1ccccc1Br)c1ccccc1.Nc1ccc(CNC(=O)N[C@H](C(=O)N2CCCN2c2ccccc2Br)c2ccccc2)cc1. The Labute approximate surface area is 379 Å². The molecule has 5 N–H and O–H groups in total. The summed E-state index contributed by atoms with van der Waals surface area (Å²) >= 11 is 7.15. The van der Waals surface area contributed by atoms with Crippen LogP contribution in [0.3, 0.4) is 0 Å². The maximum atomic E-state index is 13.8. The van der Waals surface area contributed by atoms with Gasteiger partial charge in [-0.1, -0.05) is 97.1 Å². The van der Waals surface area contributed by atoms with Crippen molar-refractivity contribution < 1.29 is 24.3 Å². The van der Waals surface area contributed by atoms with Crippen molar-refractivity contribution >= 4 is 72.9 Å². The maximum absolute atomic E-state index is 13.8. The molecule has 0 aromatic heterocycles. The van der Waals surface area contributed by atoms with E-state index in [-0.39, 0.29) is 11.8 Å². The number of rotatable bonds is 10. The largest absolute Gasteiger partial charge is 0.465 e. The minimum atomic E-state index is -1.12. The van der Waals surface area contributed by atoms with Crippen molar-refractivity contribution in [1.82, 2.24) is 25.6 Å². The van der Waals surface area contributed by atoms with Gasteiger partial charge in [0.05, 0.1) is 11.4 Å². The second kappa shape index (κ2) is 20.7. The first-order chi connectivity index (χ1) is 29.7. The zero-order chi connectivity index (χ0) is 44.4. The maximum Gasteiger partial charge on any atom is 0.408 e. The fraction of sp³-hybridized carbons (Fsp3) is 0.277.